The number of thiol groups is 1. The first kappa shape index (κ1) is 41.9. The summed E-state index contributed by atoms with van der Waals surface area (Å²) in [6.45, 7) is 16.6. The van der Waals surface area contributed by atoms with Crippen LogP contribution in [0.15, 0.2) is 163 Å². The van der Waals surface area contributed by atoms with E-state index in [-0.39, 0.29) is 23.1 Å². The van der Waals surface area contributed by atoms with Crippen LogP contribution in [-0.4, -0.2) is 12.3 Å². The highest BCUT2D eigenvalue weighted by Crippen LogP contribution is 2.61. The standard InChI is InChI=1S/C62H56BN3S2/c1-38-33-53-59-54(34-38)65(50-22-16-23-55(67)58(50)43-18-9-8-17-39(43)2)51-35-40(60(3,4)5)25-29-47(51)63(59)48-30-27-42(66-49-21-12-11-20-46(49)61(6)31-14-15-32-62(61,66)7)36-52(48)64(53)41-26-28-45-44-19-10-13-24-56(44)68-57(45)37-41/h8-13,16-30,33-37,67H,14-15,31-32H2,1-7H3. The molecule has 0 N–H and O–H groups in total. The molecule has 13 rings (SSSR count). The lowest BCUT2D eigenvalue weighted by Gasteiger charge is -2.50. The zero-order valence-corrected chi connectivity index (χ0v) is 41.8. The number of nitrogens with zero attached hydrogens (tertiary/aromatic N) is 3. The van der Waals surface area contributed by atoms with E-state index >= 15 is 0 Å². The Morgan fingerprint density at radius 1 is 0.574 bits per heavy atom. The maximum Gasteiger partial charge on any atom is 0.252 e. The number of aryl methyl sites for hydroxylation is 2. The maximum absolute atomic E-state index is 5.25. The molecule has 2 unspecified atom stereocenters. The molecule has 68 heavy (non-hydrogen) atoms. The van der Waals surface area contributed by atoms with Crippen LogP contribution in [0.25, 0.3) is 31.3 Å². The Balaban J connectivity index is 1.11. The number of hydrogen-bond acceptors (Lipinski definition) is 5. The second kappa shape index (κ2) is 14.9. The van der Waals surface area contributed by atoms with Crippen molar-refractivity contribution in [2.24, 2.45) is 0 Å². The molecule has 334 valence electrons. The van der Waals surface area contributed by atoms with Crippen molar-refractivity contribution < 1.29 is 0 Å². The van der Waals surface area contributed by atoms with Gasteiger partial charge in [-0.05, 0) is 150 Å². The summed E-state index contributed by atoms with van der Waals surface area (Å²) in [5, 5.41) is 2.63. The fourth-order valence-electron chi connectivity index (χ4n) is 13.1. The van der Waals surface area contributed by atoms with Crippen LogP contribution in [0, 0.1) is 13.8 Å². The SMILES string of the molecule is Cc1cc2c3c(c1)N(c1cccc(S)c1-c1ccccc1C)c1cc(C(C)(C)C)ccc1B3c1ccc(N3c4ccccc4C4(C)CCCCC34C)cc1N2c1ccc2c(c1)sc1ccccc12. The molecule has 0 radical (unpaired) electrons. The Kier molecular flexibility index (Phi) is 9.19. The van der Waals surface area contributed by atoms with Gasteiger partial charge in [0.05, 0.1) is 11.2 Å². The Morgan fingerprint density at radius 3 is 2.07 bits per heavy atom. The van der Waals surface area contributed by atoms with Gasteiger partial charge in [0.1, 0.15) is 0 Å². The Hall–Kier alpha value is -6.21. The van der Waals surface area contributed by atoms with Crippen LogP contribution in [0.4, 0.5) is 45.5 Å². The zero-order valence-electron chi connectivity index (χ0n) is 40.1. The van der Waals surface area contributed by atoms with Gasteiger partial charge in [0.15, 0.2) is 0 Å². The first-order chi connectivity index (χ1) is 32.8. The number of fused-ring (bicyclic) bond motifs is 10. The molecule has 0 bridgehead atoms. The minimum absolute atomic E-state index is 0.00304. The minimum Gasteiger partial charge on any atom is -0.334 e. The van der Waals surface area contributed by atoms with Gasteiger partial charge in [0.2, 0.25) is 0 Å². The Labute approximate surface area is 411 Å². The van der Waals surface area contributed by atoms with Crippen LogP contribution < -0.4 is 31.1 Å². The van der Waals surface area contributed by atoms with E-state index in [1.165, 1.54) is 123 Å². The van der Waals surface area contributed by atoms with Crippen molar-refractivity contribution in [2.45, 2.75) is 95.4 Å². The van der Waals surface area contributed by atoms with E-state index in [1.54, 1.807) is 0 Å². The van der Waals surface area contributed by atoms with Crippen LogP contribution in [0.5, 0.6) is 0 Å². The molecule has 1 aliphatic carbocycles. The number of hydrogen-bond donors (Lipinski definition) is 1. The van der Waals surface area contributed by atoms with Crippen molar-refractivity contribution in [3.05, 3.63) is 180 Å². The normalized spacial score (nSPS) is 19.2. The molecule has 3 aliphatic heterocycles. The van der Waals surface area contributed by atoms with Crippen LogP contribution in [-0.2, 0) is 10.8 Å². The Morgan fingerprint density at radius 2 is 1.25 bits per heavy atom. The lowest BCUT2D eigenvalue weighted by Crippen LogP contribution is -2.61. The number of para-hydroxylation sites is 1. The van der Waals surface area contributed by atoms with E-state index in [4.69, 9.17) is 12.6 Å². The van der Waals surface area contributed by atoms with Crippen molar-refractivity contribution in [1.82, 2.24) is 0 Å². The number of anilines is 8. The van der Waals surface area contributed by atoms with Gasteiger partial charge in [-0.15, -0.1) is 24.0 Å². The molecule has 8 aromatic carbocycles. The first-order valence-corrected chi connectivity index (χ1v) is 25.8. The second-order valence-corrected chi connectivity index (χ2v) is 23.1. The highest BCUT2D eigenvalue weighted by Gasteiger charge is 2.58. The smallest absolute Gasteiger partial charge is 0.252 e. The third kappa shape index (κ3) is 5.86. The fourth-order valence-corrected chi connectivity index (χ4v) is 14.5. The first-order valence-electron chi connectivity index (χ1n) is 24.6. The average molecular weight is 918 g/mol. The highest BCUT2D eigenvalue weighted by atomic mass is 32.1. The minimum atomic E-state index is -0.0576. The highest BCUT2D eigenvalue weighted by molar-refractivity contribution is 7.80. The summed E-state index contributed by atoms with van der Waals surface area (Å²) in [7, 11) is 0. The fraction of sp³-hybridized carbons (Fsp3) is 0.226. The maximum atomic E-state index is 5.25. The topological polar surface area (TPSA) is 9.72 Å². The Bertz CT molecular complexity index is 3580. The molecule has 0 saturated heterocycles. The van der Waals surface area contributed by atoms with E-state index in [2.05, 4.69) is 221 Å². The summed E-state index contributed by atoms with van der Waals surface area (Å²) >= 11 is 7.15. The summed E-state index contributed by atoms with van der Waals surface area (Å²) in [5.41, 5.74) is 21.4. The second-order valence-electron chi connectivity index (χ2n) is 21.5. The van der Waals surface area contributed by atoms with E-state index in [0.29, 0.717) is 0 Å². The summed E-state index contributed by atoms with van der Waals surface area (Å²) in [6, 6.07) is 60.6. The van der Waals surface area contributed by atoms with E-state index < -0.39 is 0 Å². The monoisotopic (exact) mass is 917 g/mol. The van der Waals surface area contributed by atoms with Gasteiger partial charge < -0.3 is 14.7 Å². The van der Waals surface area contributed by atoms with Gasteiger partial charge in [-0.25, -0.2) is 0 Å². The van der Waals surface area contributed by atoms with Crippen molar-refractivity contribution in [3.63, 3.8) is 0 Å². The molecular weight excluding hydrogens is 862 g/mol. The summed E-state index contributed by atoms with van der Waals surface area (Å²) in [5.74, 6) is 0. The largest absolute Gasteiger partial charge is 0.334 e. The molecule has 1 saturated carbocycles. The number of thiophene rings is 1. The van der Waals surface area contributed by atoms with Crippen LogP contribution in [0.3, 0.4) is 0 Å². The van der Waals surface area contributed by atoms with Crippen LogP contribution in [0.2, 0.25) is 0 Å². The third-order valence-corrected chi connectivity index (χ3v) is 18.1. The quantitative estimate of drug-likeness (QED) is 0.139. The van der Waals surface area contributed by atoms with Gasteiger partial charge in [-0.2, -0.15) is 0 Å². The molecule has 2 atom stereocenters. The molecule has 4 heterocycles. The van der Waals surface area contributed by atoms with E-state index in [9.17, 15) is 0 Å². The van der Waals surface area contributed by atoms with Crippen molar-refractivity contribution in [2.75, 3.05) is 14.7 Å². The van der Waals surface area contributed by atoms with Gasteiger partial charge in [0, 0.05) is 75.9 Å². The van der Waals surface area contributed by atoms with Crippen molar-refractivity contribution in [3.8, 4) is 11.1 Å². The molecule has 1 fully saturated rings. The molecule has 6 heteroatoms. The average Bonchev–Trinajstić information content (AvgIpc) is 3.80. The molecule has 0 spiro atoms. The molecule has 0 amide bonds. The third-order valence-electron chi connectivity index (χ3n) is 16.6. The summed E-state index contributed by atoms with van der Waals surface area (Å²) in [6.07, 6.45) is 4.87. The predicted molar refractivity (Wildman–Crippen MR) is 297 cm³/mol. The summed E-state index contributed by atoms with van der Waals surface area (Å²) in [4.78, 5) is 8.93. The lowest BCUT2D eigenvalue weighted by atomic mass is 9.33. The van der Waals surface area contributed by atoms with Crippen LogP contribution >= 0.6 is 24.0 Å². The van der Waals surface area contributed by atoms with Crippen LogP contribution in [0.1, 0.15) is 82.6 Å². The number of rotatable bonds is 4. The molecule has 3 nitrogen and oxygen atoms in total. The zero-order chi connectivity index (χ0) is 46.4. The van der Waals surface area contributed by atoms with Gasteiger partial charge in [0.25, 0.3) is 6.71 Å². The molecular formula is C62H56BN3S2. The summed E-state index contributed by atoms with van der Waals surface area (Å²) < 4.78 is 2.63. The van der Waals surface area contributed by atoms with Gasteiger partial charge in [-0.3, -0.25) is 0 Å². The van der Waals surface area contributed by atoms with Gasteiger partial charge in [-0.1, -0.05) is 132 Å². The number of benzene rings is 8. The predicted octanol–water partition coefficient (Wildman–Crippen LogP) is 15.7. The van der Waals surface area contributed by atoms with Gasteiger partial charge >= 0.3 is 0 Å². The van der Waals surface area contributed by atoms with Crippen molar-refractivity contribution >= 4 is 113 Å². The molecule has 1 aromatic heterocycles. The lowest BCUT2D eigenvalue weighted by molar-refractivity contribution is 0.195. The van der Waals surface area contributed by atoms with E-state index in [1.807, 2.05) is 11.3 Å². The van der Waals surface area contributed by atoms with Crippen molar-refractivity contribution in [1.29, 1.82) is 0 Å². The molecule has 4 aliphatic rings. The van der Waals surface area contributed by atoms with E-state index in [0.717, 1.165) is 22.6 Å². The molecule has 9 aromatic rings.